The number of ether oxygens (including phenoxy) is 1. The molecule has 0 saturated heterocycles. The van der Waals surface area contributed by atoms with E-state index in [1.54, 1.807) is 0 Å². The summed E-state index contributed by atoms with van der Waals surface area (Å²) in [4.78, 5) is 18.2. The van der Waals surface area contributed by atoms with Crippen LogP contribution in [0.1, 0.15) is 32.5 Å². The van der Waals surface area contributed by atoms with Crippen LogP contribution in [0.3, 0.4) is 0 Å². The van der Waals surface area contributed by atoms with Gasteiger partial charge in [0.15, 0.2) is 0 Å². The Morgan fingerprint density at radius 1 is 1.35 bits per heavy atom. The summed E-state index contributed by atoms with van der Waals surface area (Å²) in [7, 11) is 0. The van der Waals surface area contributed by atoms with Gasteiger partial charge in [0.2, 0.25) is 5.82 Å². The highest BCUT2D eigenvalue weighted by Gasteiger charge is 2.24. The van der Waals surface area contributed by atoms with Crippen molar-refractivity contribution in [2.45, 2.75) is 33.1 Å². The smallest absolute Gasteiger partial charge is 0.372 e. The fourth-order valence-electron chi connectivity index (χ4n) is 1.30. The molecule has 0 aromatic carbocycles. The van der Waals surface area contributed by atoms with Crippen molar-refractivity contribution in [3.63, 3.8) is 0 Å². The van der Waals surface area contributed by atoms with Crippen LogP contribution in [0.2, 0.25) is 0 Å². The van der Waals surface area contributed by atoms with Gasteiger partial charge in [-0.15, -0.1) is 0 Å². The molecule has 1 heterocycles. The number of nitro groups is 1. The number of nitrogens with two attached hydrogens (primary N) is 1. The first-order chi connectivity index (χ1) is 8.10. The van der Waals surface area contributed by atoms with Gasteiger partial charge >= 0.3 is 5.69 Å². The van der Waals surface area contributed by atoms with Gasteiger partial charge in [0.25, 0.3) is 5.88 Å². The largest absolute Gasteiger partial charge is 0.473 e. The Morgan fingerprint density at radius 2 is 2.06 bits per heavy atom. The second-order valence-corrected chi connectivity index (χ2v) is 3.53. The second kappa shape index (κ2) is 5.97. The van der Waals surface area contributed by atoms with Crippen molar-refractivity contribution in [2.75, 3.05) is 12.3 Å². The predicted octanol–water partition coefficient (Wildman–Crippen LogP) is 1.71. The molecule has 0 bridgehead atoms. The molecular formula is C10H16N4O3. The average Bonchev–Trinajstić information content (AvgIpc) is 2.25. The number of anilines is 1. The van der Waals surface area contributed by atoms with Gasteiger partial charge in [-0.05, 0) is 12.8 Å². The van der Waals surface area contributed by atoms with Crippen molar-refractivity contribution in [1.82, 2.24) is 9.97 Å². The first-order valence-corrected chi connectivity index (χ1v) is 5.53. The van der Waals surface area contributed by atoms with E-state index in [1.807, 2.05) is 13.8 Å². The summed E-state index contributed by atoms with van der Waals surface area (Å²) in [5.41, 5.74) is 5.20. The van der Waals surface area contributed by atoms with Gasteiger partial charge in [-0.1, -0.05) is 13.8 Å². The quantitative estimate of drug-likeness (QED) is 0.599. The fourth-order valence-corrected chi connectivity index (χ4v) is 1.30. The molecule has 0 unspecified atom stereocenters. The molecule has 2 N–H and O–H groups in total. The van der Waals surface area contributed by atoms with E-state index in [9.17, 15) is 10.1 Å². The second-order valence-electron chi connectivity index (χ2n) is 3.53. The molecule has 0 aliphatic heterocycles. The molecule has 0 spiro atoms. The predicted molar refractivity (Wildman–Crippen MR) is 62.9 cm³/mol. The van der Waals surface area contributed by atoms with E-state index in [0.717, 1.165) is 12.8 Å². The highest BCUT2D eigenvalue weighted by atomic mass is 16.6. The van der Waals surface area contributed by atoms with E-state index >= 15 is 0 Å². The molecule has 0 aliphatic rings. The summed E-state index contributed by atoms with van der Waals surface area (Å²) >= 11 is 0. The Balaban J connectivity index is 3.14. The molecule has 0 atom stereocenters. The molecule has 0 radical (unpaired) electrons. The Morgan fingerprint density at radius 3 is 2.59 bits per heavy atom. The van der Waals surface area contributed by atoms with Crippen molar-refractivity contribution < 1.29 is 9.66 Å². The van der Waals surface area contributed by atoms with Crippen LogP contribution in [0.25, 0.3) is 0 Å². The van der Waals surface area contributed by atoms with Crippen LogP contribution in [0.5, 0.6) is 5.88 Å². The van der Waals surface area contributed by atoms with Crippen LogP contribution < -0.4 is 10.5 Å². The normalized spacial score (nSPS) is 10.2. The maximum atomic E-state index is 10.8. The summed E-state index contributed by atoms with van der Waals surface area (Å²) in [6.07, 6.45) is 2.19. The molecule has 1 aromatic rings. The fraction of sp³-hybridized carbons (Fsp3) is 0.600. The number of rotatable bonds is 6. The standard InChI is InChI=1S/C10H16N4O3/c1-3-5-7-12-9(11)8(14(15)16)10(13-7)17-6-4-2/h3-6H2,1-2H3,(H2,11,12,13). The van der Waals surface area contributed by atoms with Gasteiger partial charge in [-0.2, -0.15) is 4.98 Å². The van der Waals surface area contributed by atoms with Crippen LogP contribution in [0, 0.1) is 10.1 Å². The molecular weight excluding hydrogens is 224 g/mol. The topological polar surface area (TPSA) is 104 Å². The van der Waals surface area contributed by atoms with Crippen LogP contribution in [0.4, 0.5) is 11.5 Å². The Kier molecular flexibility index (Phi) is 4.62. The number of hydrogen-bond acceptors (Lipinski definition) is 6. The van der Waals surface area contributed by atoms with Crippen LogP contribution in [-0.4, -0.2) is 21.5 Å². The van der Waals surface area contributed by atoms with Crippen LogP contribution >= 0.6 is 0 Å². The van der Waals surface area contributed by atoms with E-state index in [4.69, 9.17) is 10.5 Å². The van der Waals surface area contributed by atoms with Gasteiger partial charge in [0.1, 0.15) is 5.82 Å². The number of nitrogen functional groups attached to an aromatic ring is 1. The molecule has 1 rings (SSSR count). The van der Waals surface area contributed by atoms with E-state index in [-0.39, 0.29) is 17.4 Å². The van der Waals surface area contributed by atoms with Crippen molar-refractivity contribution in [3.05, 3.63) is 15.9 Å². The average molecular weight is 240 g/mol. The SMILES string of the molecule is CCCOc1nc(CCC)nc(N)c1[N+](=O)[O-]. The van der Waals surface area contributed by atoms with Crippen molar-refractivity contribution in [3.8, 4) is 5.88 Å². The summed E-state index contributed by atoms with van der Waals surface area (Å²) in [6, 6.07) is 0. The van der Waals surface area contributed by atoms with Crippen LogP contribution in [-0.2, 0) is 6.42 Å². The zero-order valence-corrected chi connectivity index (χ0v) is 9.97. The van der Waals surface area contributed by atoms with Gasteiger partial charge in [-0.25, -0.2) is 4.98 Å². The van der Waals surface area contributed by atoms with E-state index in [0.29, 0.717) is 18.9 Å². The monoisotopic (exact) mass is 240 g/mol. The number of aromatic nitrogens is 2. The van der Waals surface area contributed by atoms with Crippen molar-refractivity contribution >= 4 is 11.5 Å². The van der Waals surface area contributed by atoms with E-state index in [2.05, 4.69) is 9.97 Å². The third-order valence-corrected chi connectivity index (χ3v) is 2.02. The zero-order valence-electron chi connectivity index (χ0n) is 9.97. The molecule has 0 saturated carbocycles. The molecule has 1 aromatic heterocycles. The Bertz CT molecular complexity index is 409. The first-order valence-electron chi connectivity index (χ1n) is 5.53. The molecule has 0 fully saturated rings. The third kappa shape index (κ3) is 3.27. The van der Waals surface area contributed by atoms with Crippen molar-refractivity contribution in [1.29, 1.82) is 0 Å². The summed E-state index contributed by atoms with van der Waals surface area (Å²) in [5.74, 6) is 0.300. The van der Waals surface area contributed by atoms with Gasteiger partial charge in [0.05, 0.1) is 11.5 Å². The minimum atomic E-state index is -0.615. The highest BCUT2D eigenvalue weighted by Crippen LogP contribution is 2.29. The molecule has 7 heteroatoms. The summed E-state index contributed by atoms with van der Waals surface area (Å²) < 4.78 is 5.24. The Labute approximate surface area is 99.2 Å². The molecule has 7 nitrogen and oxygen atoms in total. The molecule has 17 heavy (non-hydrogen) atoms. The first kappa shape index (κ1) is 13.1. The third-order valence-electron chi connectivity index (χ3n) is 2.02. The van der Waals surface area contributed by atoms with Crippen LogP contribution in [0.15, 0.2) is 0 Å². The lowest BCUT2D eigenvalue weighted by molar-refractivity contribution is -0.385. The number of nitrogens with zero attached hydrogens (tertiary/aromatic N) is 3. The molecule has 0 amide bonds. The summed E-state index contributed by atoms with van der Waals surface area (Å²) in [6.45, 7) is 4.24. The van der Waals surface area contributed by atoms with Gasteiger partial charge in [0, 0.05) is 6.42 Å². The van der Waals surface area contributed by atoms with Gasteiger partial charge < -0.3 is 10.5 Å². The lowest BCUT2D eigenvalue weighted by Crippen LogP contribution is -2.09. The number of hydrogen-bond donors (Lipinski definition) is 1. The maximum absolute atomic E-state index is 10.8. The minimum absolute atomic E-state index is 0.0344. The van der Waals surface area contributed by atoms with Crippen molar-refractivity contribution in [2.24, 2.45) is 0 Å². The molecule has 94 valence electrons. The zero-order chi connectivity index (χ0) is 12.8. The lowest BCUT2D eigenvalue weighted by Gasteiger charge is -2.07. The number of aryl methyl sites for hydroxylation is 1. The highest BCUT2D eigenvalue weighted by molar-refractivity contribution is 5.58. The maximum Gasteiger partial charge on any atom is 0.372 e. The summed E-state index contributed by atoms with van der Waals surface area (Å²) in [5, 5.41) is 10.8. The van der Waals surface area contributed by atoms with Gasteiger partial charge in [-0.3, -0.25) is 10.1 Å². The molecule has 0 aliphatic carbocycles. The lowest BCUT2D eigenvalue weighted by atomic mass is 10.3. The minimum Gasteiger partial charge on any atom is -0.473 e. The van der Waals surface area contributed by atoms with E-state index < -0.39 is 4.92 Å². The Hall–Kier alpha value is -1.92. The van der Waals surface area contributed by atoms with E-state index in [1.165, 1.54) is 0 Å².